The molecule has 8 nitrogen and oxygen atoms in total. The van der Waals surface area contributed by atoms with E-state index in [2.05, 4.69) is 9.97 Å². The van der Waals surface area contributed by atoms with Gasteiger partial charge >= 0.3 is 0 Å². The summed E-state index contributed by atoms with van der Waals surface area (Å²) in [6, 6.07) is 7.10. The van der Waals surface area contributed by atoms with Crippen LogP contribution in [0.15, 0.2) is 30.6 Å². The summed E-state index contributed by atoms with van der Waals surface area (Å²) in [6.07, 6.45) is 3.36. The molecule has 1 unspecified atom stereocenters. The predicted octanol–water partition coefficient (Wildman–Crippen LogP) is 1.37. The van der Waals surface area contributed by atoms with Gasteiger partial charge in [-0.05, 0) is 18.2 Å². The first kappa shape index (κ1) is 15.2. The van der Waals surface area contributed by atoms with E-state index in [4.69, 9.17) is 19.5 Å². The van der Waals surface area contributed by atoms with Crippen molar-refractivity contribution < 1.29 is 19.0 Å². The van der Waals surface area contributed by atoms with Crippen molar-refractivity contribution in [2.75, 3.05) is 19.9 Å². The summed E-state index contributed by atoms with van der Waals surface area (Å²) >= 11 is 0. The summed E-state index contributed by atoms with van der Waals surface area (Å²) < 4.78 is 16.3. The van der Waals surface area contributed by atoms with Gasteiger partial charge in [-0.15, -0.1) is 0 Å². The van der Waals surface area contributed by atoms with Crippen molar-refractivity contribution in [1.29, 1.82) is 5.26 Å². The van der Waals surface area contributed by atoms with Gasteiger partial charge in [0.2, 0.25) is 12.5 Å². The van der Waals surface area contributed by atoms with E-state index < -0.39 is 0 Å². The number of rotatable bonds is 3. The molecule has 0 spiro atoms. The molecule has 8 heteroatoms. The van der Waals surface area contributed by atoms with Gasteiger partial charge in [-0.25, -0.2) is 9.97 Å². The Labute approximate surface area is 143 Å². The summed E-state index contributed by atoms with van der Waals surface area (Å²) in [5.41, 5.74) is 0.685. The summed E-state index contributed by atoms with van der Waals surface area (Å²) in [5, 5.41) is 9.04. The molecule has 0 aliphatic carbocycles. The minimum atomic E-state index is -0.221. The van der Waals surface area contributed by atoms with Crippen molar-refractivity contribution in [3.8, 4) is 23.4 Å². The highest BCUT2D eigenvalue weighted by Crippen LogP contribution is 2.33. The topological polar surface area (TPSA) is 97.6 Å². The largest absolute Gasteiger partial charge is 0.470 e. The Kier molecular flexibility index (Phi) is 3.82. The van der Waals surface area contributed by atoms with E-state index in [9.17, 15) is 4.79 Å². The third-order valence-corrected chi connectivity index (χ3v) is 4.10. The average Bonchev–Trinajstić information content (AvgIpc) is 3.30. The van der Waals surface area contributed by atoms with Crippen LogP contribution < -0.4 is 14.2 Å². The zero-order valence-electron chi connectivity index (χ0n) is 13.2. The summed E-state index contributed by atoms with van der Waals surface area (Å²) in [7, 11) is 0. The van der Waals surface area contributed by atoms with E-state index in [0.717, 1.165) is 0 Å². The first-order chi connectivity index (χ1) is 12.2. The van der Waals surface area contributed by atoms with Crippen LogP contribution in [0.25, 0.3) is 0 Å². The zero-order valence-corrected chi connectivity index (χ0v) is 13.2. The average molecular weight is 338 g/mol. The Hall–Kier alpha value is -3.34. The minimum absolute atomic E-state index is 0.0935. The number of carbonyl (C=O) groups is 1. The third-order valence-electron chi connectivity index (χ3n) is 4.10. The molecule has 1 aromatic carbocycles. The normalized spacial score (nSPS) is 18.0. The van der Waals surface area contributed by atoms with E-state index >= 15 is 0 Å². The van der Waals surface area contributed by atoms with Gasteiger partial charge in [0.25, 0.3) is 11.8 Å². The monoisotopic (exact) mass is 338 g/mol. The molecule has 1 fully saturated rings. The maximum atomic E-state index is 12.7. The molecule has 25 heavy (non-hydrogen) atoms. The predicted molar refractivity (Wildman–Crippen MR) is 84.2 cm³/mol. The van der Waals surface area contributed by atoms with Crippen LogP contribution >= 0.6 is 0 Å². The van der Waals surface area contributed by atoms with Crippen molar-refractivity contribution in [2.24, 2.45) is 0 Å². The van der Waals surface area contributed by atoms with Crippen molar-refractivity contribution in [1.82, 2.24) is 14.9 Å². The molecule has 2 aliphatic rings. The van der Waals surface area contributed by atoms with Crippen LogP contribution in [0.1, 0.15) is 22.5 Å². The molecule has 3 heterocycles. The third kappa shape index (κ3) is 2.92. The highest BCUT2D eigenvalue weighted by Gasteiger charge is 2.30. The number of aromatic nitrogens is 2. The molecule has 0 radical (unpaired) electrons. The summed E-state index contributed by atoms with van der Waals surface area (Å²) in [5.74, 6) is 1.33. The van der Waals surface area contributed by atoms with E-state index in [1.54, 1.807) is 23.1 Å². The molecule has 2 aliphatic heterocycles. The first-order valence-electron chi connectivity index (χ1n) is 7.81. The molecular weight excluding hydrogens is 324 g/mol. The summed E-state index contributed by atoms with van der Waals surface area (Å²) in [4.78, 5) is 22.3. The Bertz CT molecular complexity index is 864. The standard InChI is InChI=1S/C17H14N4O4/c18-8-13-16(20-5-4-19-13)25-12-3-6-21(9-12)17(22)11-1-2-14-15(7-11)24-10-23-14/h1-2,4-5,7,12H,3,6,9-10H2. The highest BCUT2D eigenvalue weighted by molar-refractivity contribution is 5.95. The number of nitriles is 1. The second kappa shape index (κ2) is 6.28. The Morgan fingerprint density at radius 1 is 1.28 bits per heavy atom. The lowest BCUT2D eigenvalue weighted by Crippen LogP contribution is -2.31. The van der Waals surface area contributed by atoms with Gasteiger partial charge in [-0.2, -0.15) is 5.26 Å². The quantitative estimate of drug-likeness (QED) is 0.833. The van der Waals surface area contributed by atoms with Crippen LogP contribution in [0.2, 0.25) is 0 Å². The van der Waals surface area contributed by atoms with Crippen LogP contribution in [-0.4, -0.2) is 46.8 Å². The molecule has 126 valence electrons. The van der Waals surface area contributed by atoms with Gasteiger partial charge in [0.05, 0.1) is 6.54 Å². The second-order valence-electron chi connectivity index (χ2n) is 5.67. The first-order valence-corrected chi connectivity index (χ1v) is 7.81. The van der Waals surface area contributed by atoms with Gasteiger partial charge in [0, 0.05) is 30.9 Å². The van der Waals surface area contributed by atoms with Crippen LogP contribution in [0, 0.1) is 11.3 Å². The van der Waals surface area contributed by atoms with Crippen LogP contribution in [0.4, 0.5) is 0 Å². The number of hydrogen-bond donors (Lipinski definition) is 0. The lowest BCUT2D eigenvalue weighted by atomic mass is 10.2. The fourth-order valence-electron chi connectivity index (χ4n) is 2.87. The van der Waals surface area contributed by atoms with Gasteiger partial charge in [-0.1, -0.05) is 0 Å². The van der Waals surface area contributed by atoms with Crippen molar-refractivity contribution in [2.45, 2.75) is 12.5 Å². The molecule has 0 bridgehead atoms. The van der Waals surface area contributed by atoms with Gasteiger partial charge in [-0.3, -0.25) is 4.79 Å². The smallest absolute Gasteiger partial charge is 0.254 e. The zero-order chi connectivity index (χ0) is 17.2. The second-order valence-corrected chi connectivity index (χ2v) is 5.67. The molecule has 1 saturated heterocycles. The lowest BCUT2D eigenvalue weighted by molar-refractivity contribution is 0.0770. The molecule has 4 rings (SSSR count). The van der Waals surface area contributed by atoms with Crippen LogP contribution in [0.3, 0.4) is 0 Å². The maximum absolute atomic E-state index is 12.7. The number of likely N-dealkylation sites (tertiary alicyclic amines) is 1. The molecular formula is C17H14N4O4. The molecule has 0 N–H and O–H groups in total. The minimum Gasteiger partial charge on any atom is -0.470 e. The number of hydrogen-bond acceptors (Lipinski definition) is 7. The maximum Gasteiger partial charge on any atom is 0.254 e. The Morgan fingerprint density at radius 2 is 2.12 bits per heavy atom. The van der Waals surface area contributed by atoms with E-state index in [1.807, 2.05) is 6.07 Å². The number of nitrogens with zero attached hydrogens (tertiary/aromatic N) is 4. The van der Waals surface area contributed by atoms with E-state index in [1.165, 1.54) is 12.4 Å². The molecule has 1 amide bonds. The molecule has 2 aromatic rings. The number of carbonyl (C=O) groups excluding carboxylic acids is 1. The van der Waals surface area contributed by atoms with E-state index in [0.29, 0.717) is 36.6 Å². The fourth-order valence-corrected chi connectivity index (χ4v) is 2.87. The fraction of sp³-hybridized carbons (Fsp3) is 0.294. The van der Waals surface area contributed by atoms with Gasteiger partial charge in [0.1, 0.15) is 12.2 Å². The van der Waals surface area contributed by atoms with Gasteiger partial charge < -0.3 is 19.1 Å². The molecule has 1 aromatic heterocycles. The Balaban J connectivity index is 1.44. The molecule has 0 saturated carbocycles. The van der Waals surface area contributed by atoms with Crippen molar-refractivity contribution in [3.05, 3.63) is 41.9 Å². The summed E-state index contributed by atoms with van der Waals surface area (Å²) in [6.45, 7) is 1.17. The van der Waals surface area contributed by atoms with E-state index in [-0.39, 0.29) is 30.4 Å². The SMILES string of the molecule is N#Cc1nccnc1OC1CCN(C(=O)c2ccc3c(c2)OCO3)C1. The van der Waals surface area contributed by atoms with Gasteiger partial charge in [0.15, 0.2) is 11.5 Å². The number of ether oxygens (including phenoxy) is 3. The highest BCUT2D eigenvalue weighted by atomic mass is 16.7. The molecule has 1 atom stereocenters. The number of amides is 1. The Morgan fingerprint density at radius 3 is 3.00 bits per heavy atom. The van der Waals surface area contributed by atoms with Crippen molar-refractivity contribution in [3.63, 3.8) is 0 Å². The van der Waals surface area contributed by atoms with Crippen LogP contribution in [0.5, 0.6) is 17.4 Å². The number of benzene rings is 1. The van der Waals surface area contributed by atoms with Crippen LogP contribution in [-0.2, 0) is 0 Å². The number of fused-ring (bicyclic) bond motifs is 1. The lowest BCUT2D eigenvalue weighted by Gasteiger charge is -2.17. The van der Waals surface area contributed by atoms with Crippen molar-refractivity contribution >= 4 is 5.91 Å².